The van der Waals surface area contributed by atoms with E-state index in [0.29, 0.717) is 0 Å². The molecule has 4 bridgehead atoms. The van der Waals surface area contributed by atoms with Gasteiger partial charge in [0.1, 0.15) is 0 Å². The average molecular weight is 657 g/mol. The van der Waals surface area contributed by atoms with Crippen LogP contribution in [0.3, 0.4) is 0 Å². The van der Waals surface area contributed by atoms with E-state index in [1.807, 2.05) is 0 Å². The lowest BCUT2D eigenvalue weighted by Crippen LogP contribution is -2.54. The fourth-order valence-electron chi connectivity index (χ4n) is 13.3. The number of nitrogens with zero attached hydrogens (tertiary/aromatic N) is 4. The first-order valence-electron chi connectivity index (χ1n) is 20.4. The number of ether oxygens (including phenoxy) is 1. The van der Waals surface area contributed by atoms with Crippen LogP contribution in [0.15, 0.2) is 46.6 Å². The molecule has 266 valence electrons. The summed E-state index contributed by atoms with van der Waals surface area (Å²) in [6.07, 6.45) is 18.7. The lowest BCUT2D eigenvalue weighted by molar-refractivity contribution is -0.0866. The van der Waals surface area contributed by atoms with E-state index >= 15 is 0 Å². The molecule has 48 heavy (non-hydrogen) atoms. The van der Waals surface area contributed by atoms with Crippen LogP contribution < -0.4 is 0 Å². The summed E-state index contributed by atoms with van der Waals surface area (Å²) in [7, 11) is 0. The molecule has 0 amide bonds. The summed E-state index contributed by atoms with van der Waals surface area (Å²) >= 11 is 0. The van der Waals surface area contributed by atoms with Gasteiger partial charge in [-0.3, -0.25) is 9.80 Å². The van der Waals surface area contributed by atoms with Crippen molar-refractivity contribution < 1.29 is 4.74 Å². The van der Waals surface area contributed by atoms with Crippen LogP contribution in [-0.4, -0.2) is 109 Å². The average Bonchev–Trinajstić information content (AvgIpc) is 3.75. The number of allylic oxidation sites excluding steroid dienone is 6. The molecule has 9 rings (SSSR count). The highest BCUT2D eigenvalue weighted by Gasteiger charge is 2.96. The van der Waals surface area contributed by atoms with Gasteiger partial charge in [0.15, 0.2) is 0 Å². The number of hydrogen-bond acceptors (Lipinski definition) is 5. The summed E-state index contributed by atoms with van der Waals surface area (Å²) in [6, 6.07) is 0. The maximum atomic E-state index is 7.69. The molecule has 9 fully saturated rings. The molecule has 10 atom stereocenters. The molecule has 5 saturated carbocycles. The Morgan fingerprint density at radius 2 is 0.938 bits per heavy atom. The number of piperazine rings is 2. The zero-order valence-corrected chi connectivity index (χ0v) is 31.6. The SMILES string of the molecule is CC(C)=CCC/C(C)=C\CN1CCN(CCC23OC4(CCN5CCN(C/C=C(\C)CCC=C(C)C)CC5)C5C6CC(C7C6C4C72)C53)CC1. The van der Waals surface area contributed by atoms with Crippen LogP contribution in [-0.2, 0) is 4.74 Å². The minimum atomic E-state index is 0.253. The lowest BCUT2D eigenvalue weighted by Gasteiger charge is -2.48. The zero-order chi connectivity index (χ0) is 33.2. The van der Waals surface area contributed by atoms with E-state index in [4.69, 9.17) is 4.74 Å². The molecular weight excluding hydrogens is 589 g/mol. The van der Waals surface area contributed by atoms with E-state index in [2.05, 4.69) is 85.4 Å². The van der Waals surface area contributed by atoms with E-state index in [1.165, 1.54) is 115 Å². The van der Waals surface area contributed by atoms with Crippen molar-refractivity contribution in [3.8, 4) is 0 Å². The highest BCUT2D eigenvalue weighted by atomic mass is 16.5. The Kier molecular flexibility index (Phi) is 9.45. The fourth-order valence-corrected chi connectivity index (χ4v) is 13.3. The Bertz CT molecular complexity index is 1210. The maximum absolute atomic E-state index is 7.69. The van der Waals surface area contributed by atoms with Gasteiger partial charge in [0.05, 0.1) is 11.2 Å². The third kappa shape index (κ3) is 5.69. The Morgan fingerprint density at radius 3 is 1.33 bits per heavy atom. The van der Waals surface area contributed by atoms with Crippen LogP contribution in [0.4, 0.5) is 0 Å². The first-order chi connectivity index (χ1) is 23.2. The molecule has 5 aliphatic carbocycles. The summed E-state index contributed by atoms with van der Waals surface area (Å²) in [5.41, 5.74) is 6.48. The summed E-state index contributed by atoms with van der Waals surface area (Å²) in [5.74, 6) is 7.83. The minimum absolute atomic E-state index is 0.253. The lowest BCUT2D eigenvalue weighted by atomic mass is 9.54. The third-order valence-corrected chi connectivity index (χ3v) is 15.3. The topological polar surface area (TPSA) is 22.2 Å². The van der Waals surface area contributed by atoms with Crippen LogP contribution in [0.2, 0.25) is 0 Å². The van der Waals surface area contributed by atoms with Gasteiger partial charge in [0.25, 0.3) is 0 Å². The Morgan fingerprint density at radius 1 is 0.542 bits per heavy atom. The van der Waals surface area contributed by atoms with Crippen LogP contribution >= 0.6 is 0 Å². The predicted molar refractivity (Wildman–Crippen MR) is 199 cm³/mol. The number of hydrogen-bond donors (Lipinski definition) is 0. The fraction of sp³-hybridized carbons (Fsp3) is 0.814. The first-order valence-corrected chi connectivity index (χ1v) is 20.4. The molecule has 5 heteroatoms. The molecule has 4 aliphatic heterocycles. The molecule has 0 aromatic rings. The Balaban J connectivity index is 0.810. The van der Waals surface area contributed by atoms with Crippen LogP contribution in [0.5, 0.6) is 0 Å². The van der Waals surface area contributed by atoms with Gasteiger partial charge < -0.3 is 14.5 Å². The smallest absolute Gasteiger partial charge is 0.0771 e. The molecule has 0 aromatic heterocycles. The van der Waals surface area contributed by atoms with E-state index < -0.39 is 0 Å². The Labute approximate surface area is 293 Å². The van der Waals surface area contributed by atoms with Crippen molar-refractivity contribution in [2.45, 2.75) is 97.7 Å². The van der Waals surface area contributed by atoms with Crippen LogP contribution in [0, 0.1) is 47.3 Å². The molecule has 4 heterocycles. The molecule has 0 radical (unpaired) electrons. The summed E-state index contributed by atoms with van der Waals surface area (Å²) in [6.45, 7) is 28.1. The van der Waals surface area contributed by atoms with Crippen molar-refractivity contribution in [3.63, 3.8) is 0 Å². The van der Waals surface area contributed by atoms with Gasteiger partial charge >= 0.3 is 0 Å². The van der Waals surface area contributed by atoms with Gasteiger partial charge in [-0.2, -0.15) is 0 Å². The largest absolute Gasteiger partial charge is 0.367 e. The van der Waals surface area contributed by atoms with Gasteiger partial charge in [0.2, 0.25) is 0 Å². The normalized spacial score (nSPS) is 41.6. The highest BCUT2D eigenvalue weighted by molar-refractivity contribution is 5.43. The second kappa shape index (κ2) is 13.4. The van der Waals surface area contributed by atoms with Crippen molar-refractivity contribution in [3.05, 3.63) is 46.6 Å². The van der Waals surface area contributed by atoms with Gasteiger partial charge in [-0.1, -0.05) is 46.6 Å². The van der Waals surface area contributed by atoms with Crippen LogP contribution in [0.25, 0.3) is 0 Å². The predicted octanol–water partition coefficient (Wildman–Crippen LogP) is 7.28. The summed E-state index contributed by atoms with van der Waals surface area (Å²) < 4.78 is 7.69. The molecule has 5 nitrogen and oxygen atoms in total. The molecule has 10 unspecified atom stereocenters. The van der Waals surface area contributed by atoms with Gasteiger partial charge in [-0.05, 0) is 134 Å². The summed E-state index contributed by atoms with van der Waals surface area (Å²) in [5, 5.41) is 0. The minimum Gasteiger partial charge on any atom is -0.367 e. The van der Waals surface area contributed by atoms with E-state index in [9.17, 15) is 0 Å². The van der Waals surface area contributed by atoms with Gasteiger partial charge in [0, 0.05) is 78.5 Å². The van der Waals surface area contributed by atoms with Gasteiger partial charge in [-0.15, -0.1) is 0 Å². The van der Waals surface area contributed by atoms with Crippen molar-refractivity contribution in [2.75, 3.05) is 78.5 Å². The molecular formula is C43H68N4O. The van der Waals surface area contributed by atoms with Crippen molar-refractivity contribution >= 4 is 0 Å². The van der Waals surface area contributed by atoms with E-state index in [1.54, 1.807) is 17.6 Å². The van der Waals surface area contributed by atoms with Gasteiger partial charge in [-0.25, -0.2) is 0 Å². The highest BCUT2D eigenvalue weighted by Crippen LogP contribution is 2.93. The Hall–Kier alpha value is -1.24. The maximum Gasteiger partial charge on any atom is 0.0771 e. The van der Waals surface area contributed by atoms with Crippen molar-refractivity contribution in [1.82, 2.24) is 19.6 Å². The summed E-state index contributed by atoms with van der Waals surface area (Å²) in [4.78, 5) is 11.0. The monoisotopic (exact) mass is 657 g/mol. The van der Waals surface area contributed by atoms with E-state index in [0.717, 1.165) is 60.4 Å². The molecule has 9 aliphatic rings. The quantitative estimate of drug-likeness (QED) is 0.163. The van der Waals surface area contributed by atoms with Crippen molar-refractivity contribution in [2.24, 2.45) is 47.3 Å². The zero-order valence-electron chi connectivity index (χ0n) is 31.6. The second-order valence-electron chi connectivity index (χ2n) is 18.4. The molecule has 0 aromatic carbocycles. The first kappa shape index (κ1) is 33.9. The third-order valence-electron chi connectivity index (χ3n) is 15.3. The van der Waals surface area contributed by atoms with Crippen LogP contribution in [0.1, 0.15) is 86.5 Å². The molecule has 0 spiro atoms. The standard InChI is InChI=1S/C43H68N4O/c1-30(2)9-7-11-32(5)13-17-44-21-25-46(26-22-44)19-15-42-38-34-29-35-37-36(34)40(42)41(37)43(48-42,39(35)38)16-20-47-27-23-45(24-28-47)18-14-33(6)12-8-10-31(3)4/h9-10,13-14,34-41H,7-8,11-12,15-29H2,1-6H3/b32-13-,33-14+. The second-order valence-corrected chi connectivity index (χ2v) is 18.4. The van der Waals surface area contributed by atoms with Crippen molar-refractivity contribution in [1.29, 1.82) is 0 Å². The van der Waals surface area contributed by atoms with E-state index in [-0.39, 0.29) is 11.2 Å². The number of rotatable bonds is 16. The molecule has 0 N–H and O–H groups in total. The molecule has 4 saturated heterocycles.